The summed E-state index contributed by atoms with van der Waals surface area (Å²) in [7, 11) is 6.70. The average molecular weight is 633 g/mol. The van der Waals surface area contributed by atoms with Crippen molar-refractivity contribution in [2.24, 2.45) is 14.1 Å². The SMILES string of the molecule is COC[C@H](C)Nc1cc(-c2cc(C)c(=O)n(C)c2)ccc1N.COC[C@H](C)Nc1cc(-c2cc(C)c(=O)n(C)c2)ccc1[N+](=O)[O-]. The van der Waals surface area contributed by atoms with Crippen molar-refractivity contribution in [2.45, 2.75) is 39.8 Å². The Morgan fingerprint density at radius 3 is 1.63 bits per heavy atom. The predicted molar refractivity (Wildman–Crippen MR) is 185 cm³/mol. The Hall–Kier alpha value is -4.94. The van der Waals surface area contributed by atoms with E-state index in [0.29, 0.717) is 30.2 Å². The van der Waals surface area contributed by atoms with Gasteiger partial charge in [-0.25, -0.2) is 0 Å². The smallest absolute Gasteiger partial charge is 0.292 e. The summed E-state index contributed by atoms with van der Waals surface area (Å²) < 4.78 is 13.3. The molecule has 0 amide bonds. The van der Waals surface area contributed by atoms with Gasteiger partial charge in [-0.2, -0.15) is 0 Å². The number of aromatic nitrogens is 2. The van der Waals surface area contributed by atoms with Crippen LogP contribution in [0.2, 0.25) is 0 Å². The van der Waals surface area contributed by atoms with E-state index < -0.39 is 4.92 Å². The number of nitrogen functional groups attached to an aromatic ring is 1. The van der Waals surface area contributed by atoms with E-state index in [1.54, 1.807) is 64.2 Å². The van der Waals surface area contributed by atoms with Crippen molar-refractivity contribution in [3.8, 4) is 22.3 Å². The number of nitrogens with one attached hydrogen (secondary N) is 2. The number of aryl methyl sites for hydroxylation is 4. The summed E-state index contributed by atoms with van der Waals surface area (Å²) in [5, 5.41) is 17.7. The number of nitrogens with two attached hydrogens (primary N) is 1. The molecule has 2 atom stereocenters. The summed E-state index contributed by atoms with van der Waals surface area (Å²) in [6, 6.07) is 14.5. The van der Waals surface area contributed by atoms with Gasteiger partial charge < -0.3 is 35.0 Å². The minimum atomic E-state index is -0.419. The van der Waals surface area contributed by atoms with E-state index in [9.17, 15) is 19.7 Å². The Kier molecular flexibility index (Phi) is 12.3. The lowest BCUT2D eigenvalue weighted by Crippen LogP contribution is -2.21. The number of ether oxygens (including phenoxy) is 2. The van der Waals surface area contributed by atoms with Crippen LogP contribution in [-0.4, -0.2) is 53.6 Å². The van der Waals surface area contributed by atoms with E-state index in [1.165, 1.54) is 10.6 Å². The van der Waals surface area contributed by atoms with Crippen LogP contribution in [0.1, 0.15) is 25.0 Å². The van der Waals surface area contributed by atoms with Crippen LogP contribution in [0.15, 0.2) is 70.5 Å². The Morgan fingerprint density at radius 1 is 0.761 bits per heavy atom. The Morgan fingerprint density at radius 2 is 1.20 bits per heavy atom. The molecule has 246 valence electrons. The predicted octanol–water partition coefficient (Wildman–Crippen LogP) is 5.11. The fourth-order valence-electron chi connectivity index (χ4n) is 5.04. The lowest BCUT2D eigenvalue weighted by Gasteiger charge is -2.17. The highest BCUT2D eigenvalue weighted by Crippen LogP contribution is 2.31. The lowest BCUT2D eigenvalue weighted by molar-refractivity contribution is -0.384. The fourth-order valence-corrected chi connectivity index (χ4v) is 5.04. The molecule has 4 aromatic rings. The summed E-state index contributed by atoms with van der Waals surface area (Å²) in [4.78, 5) is 34.5. The maximum absolute atomic E-state index is 11.8. The molecule has 4 N–H and O–H groups in total. The maximum atomic E-state index is 11.8. The number of rotatable bonds is 11. The van der Waals surface area contributed by atoms with E-state index >= 15 is 0 Å². The molecule has 0 bridgehead atoms. The molecule has 0 aliphatic carbocycles. The third-order valence-corrected chi connectivity index (χ3v) is 7.28. The minimum absolute atomic E-state index is 0.00300. The molecule has 0 saturated carbocycles. The van der Waals surface area contributed by atoms with Crippen LogP contribution in [-0.2, 0) is 23.6 Å². The monoisotopic (exact) mass is 632 g/mol. The van der Waals surface area contributed by atoms with Crippen molar-refractivity contribution in [1.82, 2.24) is 9.13 Å². The van der Waals surface area contributed by atoms with Gasteiger partial charge in [-0.1, -0.05) is 6.07 Å². The first-order valence-corrected chi connectivity index (χ1v) is 14.8. The molecule has 0 radical (unpaired) electrons. The summed E-state index contributed by atoms with van der Waals surface area (Å²) in [5.41, 5.74) is 12.9. The maximum Gasteiger partial charge on any atom is 0.292 e. The Balaban J connectivity index is 0.000000251. The number of hydrogen-bond donors (Lipinski definition) is 3. The van der Waals surface area contributed by atoms with Gasteiger partial charge >= 0.3 is 0 Å². The van der Waals surface area contributed by atoms with E-state index in [-0.39, 0.29) is 28.9 Å². The van der Waals surface area contributed by atoms with Gasteiger partial charge in [-0.15, -0.1) is 0 Å². The normalized spacial score (nSPS) is 12.1. The van der Waals surface area contributed by atoms with E-state index in [1.807, 2.05) is 51.2 Å². The average Bonchev–Trinajstić information content (AvgIpc) is 2.99. The molecule has 46 heavy (non-hydrogen) atoms. The molecule has 12 heteroatoms. The summed E-state index contributed by atoms with van der Waals surface area (Å²) in [6.07, 6.45) is 3.56. The van der Waals surface area contributed by atoms with Crippen LogP contribution in [0.4, 0.5) is 22.7 Å². The van der Waals surface area contributed by atoms with Gasteiger partial charge in [0.1, 0.15) is 5.69 Å². The van der Waals surface area contributed by atoms with E-state index in [4.69, 9.17) is 15.2 Å². The molecule has 0 aliphatic heterocycles. The number of anilines is 3. The largest absolute Gasteiger partial charge is 0.397 e. The summed E-state index contributed by atoms with van der Waals surface area (Å²) in [6.45, 7) is 8.52. The molecular formula is C34H44N6O6. The fraction of sp³-hybridized carbons (Fsp3) is 0.353. The van der Waals surface area contributed by atoms with Gasteiger partial charge in [-0.05, 0) is 86.3 Å². The Bertz CT molecular complexity index is 1750. The number of hydrogen-bond acceptors (Lipinski definition) is 9. The second-order valence-corrected chi connectivity index (χ2v) is 11.4. The van der Waals surface area contributed by atoms with Crippen molar-refractivity contribution < 1.29 is 14.4 Å². The molecule has 0 aliphatic rings. The van der Waals surface area contributed by atoms with Crippen molar-refractivity contribution in [2.75, 3.05) is 43.8 Å². The first-order chi connectivity index (χ1) is 21.7. The number of nitro groups is 1. The van der Waals surface area contributed by atoms with Crippen LogP contribution in [0.5, 0.6) is 0 Å². The van der Waals surface area contributed by atoms with Crippen LogP contribution in [0.3, 0.4) is 0 Å². The van der Waals surface area contributed by atoms with Crippen LogP contribution in [0, 0.1) is 24.0 Å². The molecule has 0 saturated heterocycles. The van der Waals surface area contributed by atoms with E-state index in [0.717, 1.165) is 33.5 Å². The standard InChI is InChI=1S/C17H21N3O4.C17H23N3O2/c1-11-7-14(9-19(3)17(11)21)13-5-6-16(20(22)23)15(8-13)18-12(2)10-24-4;1-11-7-14(9-20(3)17(11)21)13-5-6-15(18)16(8-13)19-12(2)10-22-4/h5-9,12,18H,10H2,1-4H3;5-9,12,19H,10,18H2,1-4H3/t2*12-/m00/s1. The summed E-state index contributed by atoms with van der Waals surface area (Å²) >= 11 is 0. The highest BCUT2D eigenvalue weighted by Gasteiger charge is 2.17. The quantitative estimate of drug-likeness (QED) is 0.116. The van der Waals surface area contributed by atoms with Gasteiger partial charge in [0.15, 0.2) is 0 Å². The molecule has 2 aromatic carbocycles. The highest BCUT2D eigenvalue weighted by atomic mass is 16.6. The van der Waals surface area contributed by atoms with Gasteiger partial charge in [0, 0.05) is 70.0 Å². The highest BCUT2D eigenvalue weighted by molar-refractivity contribution is 5.76. The minimum Gasteiger partial charge on any atom is -0.397 e. The summed E-state index contributed by atoms with van der Waals surface area (Å²) in [5.74, 6) is 0. The molecule has 2 heterocycles. The molecule has 0 unspecified atom stereocenters. The van der Waals surface area contributed by atoms with Gasteiger partial charge in [-0.3, -0.25) is 19.7 Å². The third kappa shape index (κ3) is 9.05. The lowest BCUT2D eigenvalue weighted by atomic mass is 10.0. The second kappa shape index (κ2) is 15.9. The van der Waals surface area contributed by atoms with Crippen LogP contribution >= 0.6 is 0 Å². The van der Waals surface area contributed by atoms with Crippen molar-refractivity contribution in [3.63, 3.8) is 0 Å². The molecular weight excluding hydrogens is 588 g/mol. The van der Waals surface area contributed by atoms with Crippen molar-refractivity contribution in [1.29, 1.82) is 0 Å². The third-order valence-electron chi connectivity index (χ3n) is 7.28. The van der Waals surface area contributed by atoms with Crippen molar-refractivity contribution >= 4 is 22.7 Å². The second-order valence-electron chi connectivity index (χ2n) is 11.4. The first kappa shape index (κ1) is 35.5. The van der Waals surface area contributed by atoms with E-state index in [2.05, 4.69) is 10.6 Å². The van der Waals surface area contributed by atoms with Crippen LogP contribution in [0.25, 0.3) is 22.3 Å². The number of nitro benzene ring substituents is 1. The molecule has 0 spiro atoms. The number of pyridine rings is 2. The number of nitrogens with zero attached hydrogens (tertiary/aromatic N) is 3. The van der Waals surface area contributed by atoms with Crippen LogP contribution < -0.4 is 27.5 Å². The number of benzene rings is 2. The zero-order chi connectivity index (χ0) is 34.1. The molecule has 4 rings (SSSR count). The molecule has 12 nitrogen and oxygen atoms in total. The van der Waals surface area contributed by atoms with Gasteiger partial charge in [0.25, 0.3) is 16.8 Å². The zero-order valence-electron chi connectivity index (χ0n) is 27.7. The first-order valence-electron chi connectivity index (χ1n) is 14.8. The zero-order valence-corrected chi connectivity index (χ0v) is 27.7. The van der Waals surface area contributed by atoms with Gasteiger partial charge in [0.2, 0.25) is 0 Å². The molecule has 2 aromatic heterocycles. The van der Waals surface area contributed by atoms with Crippen molar-refractivity contribution in [3.05, 3.63) is 103 Å². The Labute approximate surface area is 268 Å². The van der Waals surface area contributed by atoms with Gasteiger partial charge in [0.05, 0.1) is 29.5 Å². The number of methoxy groups -OCH3 is 2. The molecule has 0 fully saturated rings. The topological polar surface area (TPSA) is 156 Å².